The van der Waals surface area contributed by atoms with Gasteiger partial charge in [-0.2, -0.15) is 0 Å². The van der Waals surface area contributed by atoms with Crippen molar-refractivity contribution in [1.29, 1.82) is 0 Å². The minimum Gasteiger partial charge on any atom is -0.465 e. The number of aliphatic hydroxyl groups excluding tert-OH is 1. The lowest BCUT2D eigenvalue weighted by atomic mass is 9.83. The molecule has 0 bridgehead atoms. The molecule has 142 valence electrons. The Hall–Kier alpha value is -3.13. The predicted molar refractivity (Wildman–Crippen MR) is 94.6 cm³/mol. The quantitative estimate of drug-likeness (QED) is 0.779. The topological polar surface area (TPSA) is 104 Å². The molecule has 0 saturated carbocycles. The summed E-state index contributed by atoms with van der Waals surface area (Å²) in [5.74, 6) is -2.62. The molecule has 0 aliphatic carbocycles. The molecule has 3 rings (SSSR count). The van der Waals surface area contributed by atoms with Gasteiger partial charge in [-0.3, -0.25) is 4.79 Å². The lowest BCUT2D eigenvalue weighted by Gasteiger charge is -2.29. The highest BCUT2D eigenvalue weighted by Gasteiger charge is 2.39. The molecule has 2 heterocycles. The maximum atomic E-state index is 14.6. The van der Waals surface area contributed by atoms with Crippen LogP contribution in [0.25, 0.3) is 0 Å². The fraction of sp³-hybridized carbons (Fsp3) is 0.263. The van der Waals surface area contributed by atoms with E-state index in [-0.39, 0.29) is 41.5 Å². The van der Waals surface area contributed by atoms with Crippen LogP contribution in [0.15, 0.2) is 46.6 Å². The number of aromatic nitrogens is 1. The molecule has 0 fully saturated rings. The second-order valence-electron chi connectivity index (χ2n) is 6.07. The van der Waals surface area contributed by atoms with Gasteiger partial charge in [0.25, 0.3) is 5.56 Å². The van der Waals surface area contributed by atoms with Crippen LogP contribution in [0, 0.1) is 12.7 Å². The van der Waals surface area contributed by atoms with Crippen molar-refractivity contribution in [1.82, 2.24) is 4.57 Å². The molecule has 1 aromatic heterocycles. The zero-order chi connectivity index (χ0) is 19.7. The molecule has 7 nitrogen and oxygen atoms in total. The lowest BCUT2D eigenvalue weighted by Crippen LogP contribution is -2.35. The van der Waals surface area contributed by atoms with E-state index in [9.17, 15) is 19.1 Å². The highest BCUT2D eigenvalue weighted by molar-refractivity contribution is 5.92. The van der Waals surface area contributed by atoms with Gasteiger partial charge >= 0.3 is 5.97 Å². The molecule has 1 aliphatic heterocycles. The minimum absolute atomic E-state index is 0.0503. The first-order chi connectivity index (χ1) is 12.9. The number of ether oxygens (including phenoxy) is 2. The third kappa shape index (κ3) is 3.08. The van der Waals surface area contributed by atoms with Crippen LogP contribution < -0.4 is 16.0 Å². The largest absolute Gasteiger partial charge is 0.465 e. The van der Waals surface area contributed by atoms with E-state index in [0.29, 0.717) is 5.69 Å². The second kappa shape index (κ2) is 7.24. The second-order valence-corrected chi connectivity index (χ2v) is 6.07. The molecule has 0 spiro atoms. The fourth-order valence-electron chi connectivity index (χ4n) is 3.29. The van der Waals surface area contributed by atoms with E-state index in [4.69, 9.17) is 15.2 Å². The standard InChI is InChI=1S/C19H19FN2O5/c1-10-9-13-15(18(24)22(10)7-8-23)14(11-5-3-4-6-12(11)20)16(17(21)27-13)19(25)26-2/h3-6,9,14,23H,7-8,21H2,1-2H3. The van der Waals surface area contributed by atoms with Crippen LogP contribution in [0.2, 0.25) is 0 Å². The Balaban J connectivity index is 2.36. The average molecular weight is 374 g/mol. The first-order valence-electron chi connectivity index (χ1n) is 8.26. The number of nitrogens with zero attached hydrogens (tertiary/aromatic N) is 1. The molecule has 1 unspecified atom stereocenters. The molecule has 1 aliphatic rings. The van der Waals surface area contributed by atoms with Crippen molar-refractivity contribution >= 4 is 5.97 Å². The number of aryl methyl sites for hydroxylation is 1. The molecular weight excluding hydrogens is 355 g/mol. The number of hydrogen-bond acceptors (Lipinski definition) is 6. The Morgan fingerprint density at radius 1 is 1.41 bits per heavy atom. The molecule has 1 aromatic carbocycles. The Morgan fingerprint density at radius 3 is 2.74 bits per heavy atom. The number of fused-ring (bicyclic) bond motifs is 1. The molecule has 3 N–H and O–H groups in total. The number of nitrogens with two attached hydrogens (primary N) is 1. The van der Waals surface area contributed by atoms with Gasteiger partial charge in [0.1, 0.15) is 17.1 Å². The van der Waals surface area contributed by atoms with E-state index < -0.39 is 23.3 Å². The summed E-state index contributed by atoms with van der Waals surface area (Å²) in [6.07, 6.45) is 0. The molecule has 1 atom stereocenters. The van der Waals surface area contributed by atoms with E-state index in [1.807, 2.05) is 0 Å². The summed E-state index contributed by atoms with van der Waals surface area (Å²) in [7, 11) is 1.16. The summed E-state index contributed by atoms with van der Waals surface area (Å²) in [5.41, 5.74) is 5.98. The molecule has 0 amide bonds. The number of carbonyl (C=O) groups excluding carboxylic acids is 1. The van der Waals surface area contributed by atoms with Crippen molar-refractivity contribution in [3.8, 4) is 5.75 Å². The van der Waals surface area contributed by atoms with Gasteiger partial charge in [-0.15, -0.1) is 0 Å². The van der Waals surface area contributed by atoms with Crippen LogP contribution >= 0.6 is 0 Å². The number of methoxy groups -OCH3 is 1. The maximum absolute atomic E-state index is 14.6. The third-order valence-electron chi connectivity index (χ3n) is 4.51. The smallest absolute Gasteiger partial charge is 0.340 e. The van der Waals surface area contributed by atoms with Crippen molar-refractivity contribution in [3.63, 3.8) is 0 Å². The summed E-state index contributed by atoms with van der Waals surface area (Å²) in [4.78, 5) is 25.5. The average Bonchev–Trinajstić information content (AvgIpc) is 2.64. The number of esters is 1. The molecular formula is C19H19FN2O5. The summed E-state index contributed by atoms with van der Waals surface area (Å²) in [5, 5.41) is 9.27. The van der Waals surface area contributed by atoms with Crippen molar-refractivity contribution in [2.75, 3.05) is 13.7 Å². The number of carbonyl (C=O) groups is 1. The lowest BCUT2D eigenvalue weighted by molar-refractivity contribution is -0.136. The van der Waals surface area contributed by atoms with Gasteiger partial charge in [0.05, 0.1) is 25.2 Å². The Kier molecular flexibility index (Phi) is 5.00. The third-order valence-corrected chi connectivity index (χ3v) is 4.51. The maximum Gasteiger partial charge on any atom is 0.340 e. The number of pyridine rings is 1. The van der Waals surface area contributed by atoms with E-state index in [0.717, 1.165) is 7.11 Å². The van der Waals surface area contributed by atoms with Crippen LogP contribution in [0.5, 0.6) is 5.75 Å². The van der Waals surface area contributed by atoms with Crippen molar-refractivity contribution in [2.45, 2.75) is 19.4 Å². The van der Waals surface area contributed by atoms with E-state index >= 15 is 0 Å². The van der Waals surface area contributed by atoms with Crippen molar-refractivity contribution in [2.24, 2.45) is 5.73 Å². The SMILES string of the molecule is COC(=O)C1=C(N)Oc2cc(C)n(CCO)c(=O)c2C1c1ccccc1F. The normalized spacial score (nSPS) is 15.9. The number of benzene rings is 1. The Bertz CT molecular complexity index is 996. The number of hydrogen-bond donors (Lipinski definition) is 2. The highest BCUT2D eigenvalue weighted by atomic mass is 19.1. The highest BCUT2D eigenvalue weighted by Crippen LogP contribution is 2.41. The zero-order valence-electron chi connectivity index (χ0n) is 14.9. The van der Waals surface area contributed by atoms with Gasteiger partial charge in [-0.25, -0.2) is 9.18 Å². The van der Waals surface area contributed by atoms with Gasteiger partial charge in [0.15, 0.2) is 0 Å². The predicted octanol–water partition coefficient (Wildman–Crippen LogP) is 1.16. The molecule has 2 aromatic rings. The van der Waals surface area contributed by atoms with Crippen LogP contribution in [0.4, 0.5) is 4.39 Å². The molecule has 0 radical (unpaired) electrons. The molecule has 27 heavy (non-hydrogen) atoms. The van der Waals surface area contributed by atoms with Gasteiger partial charge in [0.2, 0.25) is 5.88 Å². The first-order valence-corrected chi connectivity index (χ1v) is 8.26. The van der Waals surface area contributed by atoms with Gasteiger partial charge < -0.3 is 24.9 Å². The zero-order valence-corrected chi connectivity index (χ0v) is 14.9. The minimum atomic E-state index is -1.10. The van der Waals surface area contributed by atoms with E-state index in [2.05, 4.69) is 0 Å². The van der Waals surface area contributed by atoms with Gasteiger partial charge in [-0.1, -0.05) is 18.2 Å². The summed E-state index contributed by atoms with van der Waals surface area (Å²) in [6, 6.07) is 7.38. The van der Waals surface area contributed by atoms with E-state index in [1.54, 1.807) is 19.1 Å². The van der Waals surface area contributed by atoms with Gasteiger partial charge in [0, 0.05) is 23.9 Å². The Labute approximate surface area is 154 Å². The molecule has 8 heteroatoms. The fourth-order valence-corrected chi connectivity index (χ4v) is 3.29. The first kappa shape index (κ1) is 18.7. The van der Waals surface area contributed by atoms with E-state index in [1.165, 1.54) is 22.8 Å². The van der Waals surface area contributed by atoms with Crippen molar-refractivity contribution < 1.29 is 23.8 Å². The summed E-state index contributed by atoms with van der Waals surface area (Å²) >= 11 is 0. The number of rotatable bonds is 4. The van der Waals surface area contributed by atoms with Crippen molar-refractivity contribution in [3.05, 3.63) is 74.8 Å². The number of aliphatic hydroxyl groups is 1. The van der Waals surface area contributed by atoms with Crippen LogP contribution in [-0.4, -0.2) is 29.4 Å². The Morgan fingerprint density at radius 2 is 2.11 bits per heavy atom. The van der Waals surface area contributed by atoms with Gasteiger partial charge in [-0.05, 0) is 13.0 Å². The monoisotopic (exact) mass is 374 g/mol. The van der Waals surface area contributed by atoms with Crippen LogP contribution in [-0.2, 0) is 16.1 Å². The summed E-state index contributed by atoms with van der Waals surface area (Å²) < 4.78 is 26.2. The van der Waals surface area contributed by atoms with Crippen LogP contribution in [0.1, 0.15) is 22.7 Å². The summed E-state index contributed by atoms with van der Waals surface area (Å²) in [6.45, 7) is 1.47. The molecule has 0 saturated heterocycles. The van der Waals surface area contributed by atoms with Crippen LogP contribution in [0.3, 0.4) is 0 Å². The number of halogens is 1.